The van der Waals surface area contributed by atoms with Gasteiger partial charge in [0.05, 0.1) is 0 Å². The van der Waals surface area contributed by atoms with Crippen molar-refractivity contribution in [1.29, 1.82) is 0 Å². The van der Waals surface area contributed by atoms with Crippen LogP contribution in [0.2, 0.25) is 0 Å². The smallest absolute Gasteiger partial charge is 0.0393 e. The maximum atomic E-state index is 6.20. The van der Waals surface area contributed by atoms with Crippen LogP contribution < -0.4 is 5.73 Å². The molecule has 0 fully saturated rings. The minimum atomic E-state index is 0.524. The number of unbranched alkanes of at least 4 members (excludes halogenated alkanes) is 5. The normalized spacial score (nSPS) is 11.2. The highest BCUT2D eigenvalue weighted by molar-refractivity contribution is 5.77. The van der Waals surface area contributed by atoms with E-state index in [1.54, 1.807) is 0 Å². The Morgan fingerprint density at radius 3 is 2.17 bits per heavy atom. The number of hydrogen-bond acceptors (Lipinski definition) is 1. The number of nitrogens with two attached hydrogens (primary N) is 1. The first-order valence-corrected chi connectivity index (χ1v) is 9.60. The number of aryl methyl sites for hydroxylation is 1. The molecule has 2 aromatic carbocycles. The number of hydrogen-bond donors (Lipinski definition) is 1. The van der Waals surface area contributed by atoms with Crippen LogP contribution in [0, 0.1) is 0 Å². The summed E-state index contributed by atoms with van der Waals surface area (Å²) in [5.41, 5.74) is 12.2. The highest BCUT2D eigenvalue weighted by atomic mass is 14.6. The monoisotopic (exact) mass is 323 g/mol. The molecular formula is C23H33N. The van der Waals surface area contributed by atoms with E-state index in [2.05, 4.69) is 57.2 Å². The summed E-state index contributed by atoms with van der Waals surface area (Å²) in [6, 6.07) is 15.4. The Hall–Kier alpha value is -1.76. The van der Waals surface area contributed by atoms with E-state index in [1.165, 1.54) is 61.6 Å². The Kier molecular flexibility index (Phi) is 7.36. The second-order valence-electron chi connectivity index (χ2n) is 7.22. The molecule has 0 aliphatic rings. The van der Waals surface area contributed by atoms with Gasteiger partial charge in [0.25, 0.3) is 0 Å². The van der Waals surface area contributed by atoms with Gasteiger partial charge in [0, 0.05) is 11.3 Å². The molecular weight excluding hydrogens is 290 g/mol. The van der Waals surface area contributed by atoms with Crippen molar-refractivity contribution in [3.05, 3.63) is 53.6 Å². The van der Waals surface area contributed by atoms with Crippen LogP contribution in [0.3, 0.4) is 0 Å². The predicted octanol–water partition coefficient (Wildman–Crippen LogP) is 6.96. The second kappa shape index (κ2) is 9.52. The molecule has 0 radical (unpaired) electrons. The Morgan fingerprint density at radius 1 is 0.833 bits per heavy atom. The molecule has 0 unspecified atom stereocenters. The Morgan fingerprint density at radius 2 is 1.50 bits per heavy atom. The van der Waals surface area contributed by atoms with Crippen molar-refractivity contribution in [2.24, 2.45) is 0 Å². The molecule has 0 aliphatic carbocycles. The van der Waals surface area contributed by atoms with Crippen molar-refractivity contribution >= 4 is 5.69 Å². The van der Waals surface area contributed by atoms with Gasteiger partial charge in [-0.1, -0.05) is 83.2 Å². The summed E-state index contributed by atoms with van der Waals surface area (Å²) in [5, 5.41) is 0. The van der Waals surface area contributed by atoms with Crippen LogP contribution in [0.25, 0.3) is 11.1 Å². The van der Waals surface area contributed by atoms with Gasteiger partial charge in [-0.15, -0.1) is 0 Å². The standard InChI is InChI=1S/C23H33N/c1-4-5-6-7-8-9-10-19-11-13-20(14-12-19)22-17-21(18(2)3)15-16-23(22)24/h11-18H,4-10,24H2,1-3H3. The molecule has 0 saturated carbocycles. The largest absolute Gasteiger partial charge is 0.398 e. The summed E-state index contributed by atoms with van der Waals surface area (Å²) in [4.78, 5) is 0. The molecule has 0 bridgehead atoms. The van der Waals surface area contributed by atoms with E-state index in [1.807, 2.05) is 6.07 Å². The maximum absolute atomic E-state index is 6.20. The molecule has 130 valence electrons. The van der Waals surface area contributed by atoms with E-state index in [0.717, 1.165) is 11.3 Å². The summed E-state index contributed by atoms with van der Waals surface area (Å²) < 4.78 is 0. The van der Waals surface area contributed by atoms with Crippen LogP contribution in [-0.2, 0) is 6.42 Å². The number of rotatable bonds is 9. The second-order valence-corrected chi connectivity index (χ2v) is 7.22. The fraction of sp³-hybridized carbons (Fsp3) is 0.478. The van der Waals surface area contributed by atoms with Gasteiger partial charge in [-0.25, -0.2) is 0 Å². The first-order chi connectivity index (χ1) is 11.6. The molecule has 0 aromatic heterocycles. The van der Waals surface area contributed by atoms with E-state index >= 15 is 0 Å². The van der Waals surface area contributed by atoms with Gasteiger partial charge in [-0.2, -0.15) is 0 Å². The van der Waals surface area contributed by atoms with Crippen LogP contribution in [0.4, 0.5) is 5.69 Å². The first kappa shape index (κ1) is 18.6. The molecule has 0 aliphatic heterocycles. The summed E-state index contributed by atoms with van der Waals surface area (Å²) >= 11 is 0. The Balaban J connectivity index is 1.96. The molecule has 0 saturated heterocycles. The van der Waals surface area contributed by atoms with E-state index in [0.29, 0.717) is 5.92 Å². The SMILES string of the molecule is CCCCCCCCc1ccc(-c2cc(C(C)C)ccc2N)cc1. The van der Waals surface area contributed by atoms with Crippen molar-refractivity contribution in [1.82, 2.24) is 0 Å². The average Bonchev–Trinajstić information content (AvgIpc) is 2.59. The van der Waals surface area contributed by atoms with Crippen molar-refractivity contribution in [3.63, 3.8) is 0 Å². The minimum absolute atomic E-state index is 0.524. The lowest BCUT2D eigenvalue weighted by Crippen LogP contribution is -1.94. The lowest BCUT2D eigenvalue weighted by Gasteiger charge is -2.12. The van der Waals surface area contributed by atoms with E-state index in [9.17, 15) is 0 Å². The topological polar surface area (TPSA) is 26.0 Å². The van der Waals surface area contributed by atoms with Gasteiger partial charge in [0.2, 0.25) is 0 Å². The fourth-order valence-corrected chi connectivity index (χ4v) is 3.14. The fourth-order valence-electron chi connectivity index (χ4n) is 3.14. The summed E-state index contributed by atoms with van der Waals surface area (Å²) in [5.74, 6) is 0.524. The van der Waals surface area contributed by atoms with E-state index in [-0.39, 0.29) is 0 Å². The lowest BCUT2D eigenvalue weighted by atomic mass is 9.95. The summed E-state index contributed by atoms with van der Waals surface area (Å²) in [7, 11) is 0. The third kappa shape index (κ3) is 5.40. The molecule has 2 rings (SSSR count). The highest BCUT2D eigenvalue weighted by Gasteiger charge is 2.06. The molecule has 0 amide bonds. The van der Waals surface area contributed by atoms with Crippen molar-refractivity contribution in [2.75, 3.05) is 5.73 Å². The molecule has 2 aromatic rings. The average molecular weight is 324 g/mol. The number of nitrogen functional groups attached to an aromatic ring is 1. The summed E-state index contributed by atoms with van der Waals surface area (Å²) in [6.45, 7) is 6.71. The summed E-state index contributed by atoms with van der Waals surface area (Å²) in [6.07, 6.45) is 9.31. The first-order valence-electron chi connectivity index (χ1n) is 9.60. The molecule has 1 heteroatoms. The van der Waals surface area contributed by atoms with Gasteiger partial charge < -0.3 is 5.73 Å². The zero-order valence-electron chi connectivity index (χ0n) is 15.6. The Bertz CT molecular complexity index is 610. The molecule has 24 heavy (non-hydrogen) atoms. The molecule has 0 atom stereocenters. The Labute approximate surface area is 148 Å². The lowest BCUT2D eigenvalue weighted by molar-refractivity contribution is 0.607. The number of benzene rings is 2. The van der Waals surface area contributed by atoms with Gasteiger partial charge in [0.1, 0.15) is 0 Å². The third-order valence-corrected chi connectivity index (χ3v) is 4.83. The zero-order valence-corrected chi connectivity index (χ0v) is 15.6. The van der Waals surface area contributed by atoms with Gasteiger partial charge in [0.15, 0.2) is 0 Å². The van der Waals surface area contributed by atoms with Crippen molar-refractivity contribution in [3.8, 4) is 11.1 Å². The molecule has 0 heterocycles. The van der Waals surface area contributed by atoms with Crippen LogP contribution in [-0.4, -0.2) is 0 Å². The maximum Gasteiger partial charge on any atom is 0.0393 e. The third-order valence-electron chi connectivity index (χ3n) is 4.83. The molecule has 1 nitrogen and oxygen atoms in total. The molecule has 0 spiro atoms. The zero-order chi connectivity index (χ0) is 17.4. The number of anilines is 1. The highest BCUT2D eigenvalue weighted by Crippen LogP contribution is 2.30. The van der Waals surface area contributed by atoms with E-state index < -0.39 is 0 Å². The van der Waals surface area contributed by atoms with Gasteiger partial charge >= 0.3 is 0 Å². The van der Waals surface area contributed by atoms with Gasteiger partial charge in [-0.05, 0) is 47.6 Å². The van der Waals surface area contributed by atoms with Crippen LogP contribution in [0.5, 0.6) is 0 Å². The van der Waals surface area contributed by atoms with Crippen LogP contribution in [0.1, 0.15) is 76.3 Å². The predicted molar refractivity (Wildman–Crippen MR) is 107 cm³/mol. The van der Waals surface area contributed by atoms with Crippen LogP contribution >= 0.6 is 0 Å². The van der Waals surface area contributed by atoms with Gasteiger partial charge in [-0.3, -0.25) is 0 Å². The van der Waals surface area contributed by atoms with Crippen LogP contribution in [0.15, 0.2) is 42.5 Å². The molecule has 2 N–H and O–H groups in total. The van der Waals surface area contributed by atoms with Crippen molar-refractivity contribution in [2.45, 2.75) is 71.6 Å². The quantitative estimate of drug-likeness (QED) is 0.391. The minimum Gasteiger partial charge on any atom is -0.398 e. The van der Waals surface area contributed by atoms with Crippen molar-refractivity contribution < 1.29 is 0 Å². The van der Waals surface area contributed by atoms with E-state index in [4.69, 9.17) is 5.73 Å².